The average Bonchev–Trinajstić information content (AvgIpc) is 2.33. The van der Waals surface area contributed by atoms with Crippen molar-refractivity contribution in [2.45, 2.75) is 19.9 Å². The Bertz CT molecular complexity index is 579. The van der Waals surface area contributed by atoms with Gasteiger partial charge in [0, 0.05) is 11.6 Å². The van der Waals surface area contributed by atoms with Gasteiger partial charge in [-0.2, -0.15) is 0 Å². The number of benzene rings is 2. The van der Waals surface area contributed by atoms with E-state index in [0.717, 1.165) is 17.2 Å². The Balaban J connectivity index is 2.50. The zero-order valence-corrected chi connectivity index (χ0v) is 10.4. The topological polar surface area (TPSA) is 26.0 Å². The van der Waals surface area contributed by atoms with E-state index in [-0.39, 0.29) is 0 Å². The lowest BCUT2D eigenvalue weighted by atomic mass is 9.94. The summed E-state index contributed by atoms with van der Waals surface area (Å²) < 4.78 is 27.0. The van der Waals surface area contributed by atoms with E-state index in [0.29, 0.717) is 11.1 Å². The molecule has 0 aliphatic carbocycles. The first-order valence-corrected chi connectivity index (χ1v) is 5.77. The number of nitrogens with two attached hydrogens (primary N) is 1. The Kier molecular flexibility index (Phi) is 3.43. The molecule has 1 unspecified atom stereocenters. The van der Waals surface area contributed by atoms with Gasteiger partial charge >= 0.3 is 0 Å². The lowest BCUT2D eigenvalue weighted by Gasteiger charge is -2.16. The minimum atomic E-state index is -0.603. The van der Waals surface area contributed by atoms with Gasteiger partial charge in [-0.05, 0) is 36.6 Å². The Morgan fingerprint density at radius 1 is 0.889 bits per heavy atom. The van der Waals surface area contributed by atoms with Crippen LogP contribution in [0, 0.1) is 25.5 Å². The number of halogens is 2. The minimum absolute atomic E-state index is 0.322. The minimum Gasteiger partial charge on any atom is -0.320 e. The first-order chi connectivity index (χ1) is 8.50. The van der Waals surface area contributed by atoms with Crippen molar-refractivity contribution in [3.63, 3.8) is 0 Å². The van der Waals surface area contributed by atoms with Crippen molar-refractivity contribution < 1.29 is 8.78 Å². The Morgan fingerprint density at radius 3 is 2.22 bits per heavy atom. The summed E-state index contributed by atoms with van der Waals surface area (Å²) >= 11 is 0. The van der Waals surface area contributed by atoms with Crippen molar-refractivity contribution in [3.8, 4) is 0 Å². The van der Waals surface area contributed by atoms with Gasteiger partial charge in [-0.25, -0.2) is 8.78 Å². The van der Waals surface area contributed by atoms with Crippen LogP contribution >= 0.6 is 0 Å². The van der Waals surface area contributed by atoms with Crippen molar-refractivity contribution in [3.05, 3.63) is 70.3 Å². The largest absolute Gasteiger partial charge is 0.320 e. The molecule has 0 aliphatic rings. The number of hydrogen-bond acceptors (Lipinski definition) is 1. The van der Waals surface area contributed by atoms with E-state index in [1.54, 1.807) is 6.92 Å². The summed E-state index contributed by atoms with van der Waals surface area (Å²) in [5.41, 5.74) is 8.64. The quantitative estimate of drug-likeness (QED) is 0.861. The van der Waals surface area contributed by atoms with Crippen LogP contribution in [0.4, 0.5) is 8.78 Å². The second-order valence-corrected chi connectivity index (χ2v) is 4.46. The molecule has 1 atom stereocenters. The van der Waals surface area contributed by atoms with Crippen LogP contribution in [0.25, 0.3) is 0 Å². The predicted octanol–water partition coefficient (Wildman–Crippen LogP) is 3.63. The van der Waals surface area contributed by atoms with Gasteiger partial charge in [0.2, 0.25) is 0 Å². The average molecular weight is 247 g/mol. The number of rotatable bonds is 2. The third kappa shape index (κ3) is 2.27. The molecule has 18 heavy (non-hydrogen) atoms. The van der Waals surface area contributed by atoms with Crippen molar-refractivity contribution in [1.82, 2.24) is 0 Å². The van der Waals surface area contributed by atoms with Gasteiger partial charge in [0.15, 0.2) is 0 Å². The van der Waals surface area contributed by atoms with Crippen LogP contribution in [-0.2, 0) is 0 Å². The zero-order valence-electron chi connectivity index (χ0n) is 10.4. The normalized spacial score (nSPS) is 12.5. The smallest absolute Gasteiger partial charge is 0.131 e. The van der Waals surface area contributed by atoms with E-state index in [2.05, 4.69) is 0 Å². The highest BCUT2D eigenvalue weighted by Crippen LogP contribution is 2.26. The van der Waals surface area contributed by atoms with Crippen LogP contribution in [0.2, 0.25) is 0 Å². The summed E-state index contributed by atoms with van der Waals surface area (Å²) in [5, 5.41) is 0. The molecule has 94 valence electrons. The Morgan fingerprint density at radius 2 is 1.56 bits per heavy atom. The summed E-state index contributed by atoms with van der Waals surface area (Å²) in [6.07, 6.45) is 0. The van der Waals surface area contributed by atoms with Gasteiger partial charge in [0.1, 0.15) is 11.6 Å². The van der Waals surface area contributed by atoms with E-state index in [4.69, 9.17) is 5.73 Å². The first-order valence-electron chi connectivity index (χ1n) is 5.77. The van der Waals surface area contributed by atoms with Gasteiger partial charge < -0.3 is 5.73 Å². The second-order valence-electron chi connectivity index (χ2n) is 4.46. The highest BCUT2D eigenvalue weighted by molar-refractivity contribution is 5.38. The van der Waals surface area contributed by atoms with Crippen LogP contribution in [0.5, 0.6) is 0 Å². The van der Waals surface area contributed by atoms with E-state index in [1.807, 2.05) is 31.2 Å². The highest BCUT2D eigenvalue weighted by Gasteiger charge is 2.17. The van der Waals surface area contributed by atoms with E-state index in [9.17, 15) is 8.78 Å². The Hall–Kier alpha value is -1.74. The fourth-order valence-corrected chi connectivity index (χ4v) is 2.02. The van der Waals surface area contributed by atoms with Gasteiger partial charge in [0.25, 0.3) is 0 Å². The Labute approximate surface area is 105 Å². The van der Waals surface area contributed by atoms with E-state index >= 15 is 0 Å². The molecule has 0 fully saturated rings. The molecule has 0 aromatic heterocycles. The monoisotopic (exact) mass is 247 g/mol. The maximum Gasteiger partial charge on any atom is 0.131 e. The van der Waals surface area contributed by atoms with Crippen LogP contribution < -0.4 is 5.73 Å². The van der Waals surface area contributed by atoms with Crippen molar-refractivity contribution >= 4 is 0 Å². The molecule has 2 N–H and O–H groups in total. The van der Waals surface area contributed by atoms with Crippen molar-refractivity contribution in [2.24, 2.45) is 5.73 Å². The lowest BCUT2D eigenvalue weighted by molar-refractivity contribution is 0.560. The van der Waals surface area contributed by atoms with E-state index in [1.165, 1.54) is 6.07 Å². The number of hydrogen-bond donors (Lipinski definition) is 1. The van der Waals surface area contributed by atoms with Crippen LogP contribution in [0.3, 0.4) is 0 Å². The predicted molar refractivity (Wildman–Crippen MR) is 68.3 cm³/mol. The maximum atomic E-state index is 13.8. The van der Waals surface area contributed by atoms with Crippen LogP contribution in [0.1, 0.15) is 28.3 Å². The molecule has 0 amide bonds. The standard InChI is InChI=1S/C15H15F2N/c1-9-5-3-4-6-11(9)15(18)12-7-10(2)13(16)8-14(12)17/h3-8,15H,18H2,1-2H3. The molecule has 0 aliphatic heterocycles. The third-order valence-corrected chi connectivity index (χ3v) is 3.14. The molecule has 1 nitrogen and oxygen atoms in total. The SMILES string of the molecule is Cc1cc(C(N)c2ccccc2C)c(F)cc1F. The van der Waals surface area contributed by atoms with Crippen molar-refractivity contribution in [2.75, 3.05) is 0 Å². The molecular weight excluding hydrogens is 232 g/mol. The second kappa shape index (κ2) is 4.86. The fraction of sp³-hybridized carbons (Fsp3) is 0.200. The van der Waals surface area contributed by atoms with Gasteiger partial charge in [0.05, 0.1) is 6.04 Å². The van der Waals surface area contributed by atoms with Crippen LogP contribution in [-0.4, -0.2) is 0 Å². The molecule has 2 rings (SSSR count). The molecule has 0 bridgehead atoms. The zero-order chi connectivity index (χ0) is 13.3. The molecule has 2 aromatic carbocycles. The molecule has 3 heteroatoms. The van der Waals surface area contributed by atoms with Crippen molar-refractivity contribution in [1.29, 1.82) is 0 Å². The van der Waals surface area contributed by atoms with Gasteiger partial charge in [-0.1, -0.05) is 24.3 Å². The molecule has 0 saturated heterocycles. The maximum absolute atomic E-state index is 13.8. The first kappa shape index (κ1) is 12.7. The molecule has 2 aromatic rings. The third-order valence-electron chi connectivity index (χ3n) is 3.14. The fourth-order valence-electron chi connectivity index (χ4n) is 2.02. The molecule has 0 spiro atoms. The summed E-state index contributed by atoms with van der Waals surface area (Å²) in [6.45, 7) is 3.52. The summed E-state index contributed by atoms with van der Waals surface area (Å²) in [6, 6.07) is 9.33. The molecular formula is C15H15F2N. The summed E-state index contributed by atoms with van der Waals surface area (Å²) in [4.78, 5) is 0. The molecule has 0 saturated carbocycles. The van der Waals surface area contributed by atoms with E-state index < -0.39 is 17.7 Å². The van der Waals surface area contributed by atoms with Gasteiger partial charge in [-0.15, -0.1) is 0 Å². The molecule has 0 heterocycles. The number of aryl methyl sites for hydroxylation is 2. The summed E-state index contributed by atoms with van der Waals surface area (Å²) in [7, 11) is 0. The van der Waals surface area contributed by atoms with Gasteiger partial charge in [-0.3, -0.25) is 0 Å². The molecule has 0 radical (unpaired) electrons. The lowest BCUT2D eigenvalue weighted by Crippen LogP contribution is -2.15. The highest BCUT2D eigenvalue weighted by atomic mass is 19.1. The summed E-state index contributed by atoms with van der Waals surface area (Å²) in [5.74, 6) is -1.15. The van der Waals surface area contributed by atoms with Crippen LogP contribution in [0.15, 0.2) is 36.4 Å².